The van der Waals surface area contributed by atoms with Crippen molar-refractivity contribution in [3.63, 3.8) is 0 Å². The van der Waals surface area contributed by atoms with E-state index in [2.05, 4.69) is 10.4 Å². The van der Waals surface area contributed by atoms with Crippen molar-refractivity contribution in [2.75, 3.05) is 5.32 Å². The highest BCUT2D eigenvalue weighted by atomic mass is 35.5. The van der Waals surface area contributed by atoms with Gasteiger partial charge in [-0.15, -0.1) is 0 Å². The fourth-order valence-electron chi connectivity index (χ4n) is 2.30. The lowest BCUT2D eigenvalue weighted by Gasteiger charge is -2.04. The van der Waals surface area contributed by atoms with Gasteiger partial charge in [0, 0.05) is 16.8 Å². The molecule has 0 aliphatic rings. The van der Waals surface area contributed by atoms with Crippen LogP contribution in [0.3, 0.4) is 0 Å². The lowest BCUT2D eigenvalue weighted by Crippen LogP contribution is -2.13. The van der Waals surface area contributed by atoms with E-state index in [1.54, 1.807) is 13.0 Å². The average Bonchev–Trinajstić information content (AvgIpc) is 3.08. The Labute approximate surface area is 138 Å². The Morgan fingerprint density at radius 1 is 1.26 bits per heavy atom. The third-order valence-corrected chi connectivity index (χ3v) is 3.82. The summed E-state index contributed by atoms with van der Waals surface area (Å²) in [4.78, 5) is 12.2. The Hall–Kier alpha value is -2.53. The van der Waals surface area contributed by atoms with Crippen molar-refractivity contribution in [2.45, 2.75) is 20.4 Å². The highest BCUT2D eigenvalue weighted by Crippen LogP contribution is 2.16. The Morgan fingerprint density at radius 2 is 2.00 bits per heavy atom. The van der Waals surface area contributed by atoms with E-state index >= 15 is 0 Å². The average molecular weight is 330 g/mol. The van der Waals surface area contributed by atoms with Crippen molar-refractivity contribution in [1.29, 1.82) is 0 Å². The van der Waals surface area contributed by atoms with Crippen molar-refractivity contribution in [3.05, 3.63) is 70.3 Å². The second kappa shape index (κ2) is 6.30. The summed E-state index contributed by atoms with van der Waals surface area (Å²) in [5, 5.41) is 7.92. The molecule has 0 bridgehead atoms. The molecule has 1 N–H and O–H groups in total. The number of hydrogen-bond donors (Lipinski definition) is 1. The quantitative estimate of drug-likeness (QED) is 0.785. The number of hydrogen-bond acceptors (Lipinski definition) is 3. The van der Waals surface area contributed by atoms with E-state index in [-0.39, 0.29) is 5.91 Å². The van der Waals surface area contributed by atoms with Crippen LogP contribution in [-0.4, -0.2) is 15.7 Å². The zero-order valence-corrected chi connectivity index (χ0v) is 13.6. The molecule has 2 aromatic heterocycles. The molecule has 0 radical (unpaired) electrons. The van der Waals surface area contributed by atoms with Gasteiger partial charge in [0.25, 0.3) is 5.91 Å². The molecule has 1 aromatic carbocycles. The van der Waals surface area contributed by atoms with Gasteiger partial charge in [-0.3, -0.25) is 9.48 Å². The third-order valence-electron chi connectivity index (χ3n) is 3.57. The van der Waals surface area contributed by atoms with Gasteiger partial charge in [0.05, 0.1) is 18.4 Å². The van der Waals surface area contributed by atoms with Crippen LogP contribution < -0.4 is 5.32 Å². The summed E-state index contributed by atoms with van der Waals surface area (Å²) in [5.41, 5.74) is 2.55. The molecule has 3 aromatic rings. The SMILES string of the molecule is Cc1occc1C(=O)Nc1cc(C)n(Cc2ccc(Cl)cc2)n1. The summed E-state index contributed by atoms with van der Waals surface area (Å²) in [6.07, 6.45) is 1.49. The van der Waals surface area contributed by atoms with Gasteiger partial charge in [0.2, 0.25) is 0 Å². The Kier molecular flexibility index (Phi) is 4.21. The minimum atomic E-state index is -0.229. The summed E-state index contributed by atoms with van der Waals surface area (Å²) < 4.78 is 6.98. The molecule has 0 saturated carbocycles. The number of furan rings is 1. The van der Waals surface area contributed by atoms with Crippen LogP contribution in [-0.2, 0) is 6.54 Å². The highest BCUT2D eigenvalue weighted by Gasteiger charge is 2.14. The molecule has 0 unspecified atom stereocenters. The van der Waals surface area contributed by atoms with Gasteiger partial charge in [0.15, 0.2) is 5.82 Å². The molecule has 0 saturated heterocycles. The number of benzene rings is 1. The molecule has 118 valence electrons. The van der Waals surface area contributed by atoms with Crippen molar-refractivity contribution in [1.82, 2.24) is 9.78 Å². The zero-order valence-electron chi connectivity index (χ0n) is 12.8. The second-order valence-electron chi connectivity index (χ2n) is 5.30. The normalized spacial score (nSPS) is 10.7. The number of aryl methyl sites for hydroxylation is 2. The van der Waals surface area contributed by atoms with Crippen molar-refractivity contribution in [3.8, 4) is 0 Å². The van der Waals surface area contributed by atoms with E-state index in [1.807, 2.05) is 41.9 Å². The van der Waals surface area contributed by atoms with Crippen LogP contribution in [0.5, 0.6) is 0 Å². The minimum absolute atomic E-state index is 0.229. The number of halogens is 1. The second-order valence-corrected chi connectivity index (χ2v) is 5.74. The van der Waals surface area contributed by atoms with Crippen LogP contribution in [0.25, 0.3) is 0 Å². The molecule has 0 spiro atoms. The molecular formula is C17H16ClN3O2. The first-order valence-corrected chi connectivity index (χ1v) is 7.55. The van der Waals surface area contributed by atoms with Gasteiger partial charge in [-0.1, -0.05) is 23.7 Å². The van der Waals surface area contributed by atoms with Gasteiger partial charge in [-0.25, -0.2) is 0 Å². The molecule has 0 fully saturated rings. The maximum absolute atomic E-state index is 12.2. The third kappa shape index (κ3) is 3.46. The number of nitrogens with zero attached hydrogens (tertiary/aromatic N) is 2. The van der Waals surface area contributed by atoms with Crippen LogP contribution >= 0.6 is 11.6 Å². The van der Waals surface area contributed by atoms with E-state index in [0.717, 1.165) is 11.3 Å². The maximum Gasteiger partial charge on any atom is 0.260 e. The molecule has 2 heterocycles. The fraction of sp³-hybridized carbons (Fsp3) is 0.176. The van der Waals surface area contributed by atoms with Crippen LogP contribution in [0.15, 0.2) is 47.1 Å². The Morgan fingerprint density at radius 3 is 2.65 bits per heavy atom. The van der Waals surface area contributed by atoms with E-state index in [4.69, 9.17) is 16.0 Å². The van der Waals surface area contributed by atoms with Gasteiger partial charge in [-0.05, 0) is 37.6 Å². The summed E-state index contributed by atoms with van der Waals surface area (Å²) in [6, 6.07) is 11.1. The Bertz CT molecular complexity index is 834. The monoisotopic (exact) mass is 329 g/mol. The van der Waals surface area contributed by atoms with E-state index in [1.165, 1.54) is 6.26 Å². The molecule has 0 aliphatic heterocycles. The van der Waals surface area contributed by atoms with Crippen LogP contribution in [0, 0.1) is 13.8 Å². The maximum atomic E-state index is 12.2. The molecule has 3 rings (SSSR count). The largest absolute Gasteiger partial charge is 0.469 e. The zero-order chi connectivity index (χ0) is 16.4. The first kappa shape index (κ1) is 15.4. The van der Waals surface area contributed by atoms with Crippen molar-refractivity contribution in [2.24, 2.45) is 0 Å². The molecule has 0 aliphatic carbocycles. The van der Waals surface area contributed by atoms with E-state index < -0.39 is 0 Å². The fourth-order valence-corrected chi connectivity index (χ4v) is 2.42. The van der Waals surface area contributed by atoms with Crippen molar-refractivity contribution >= 4 is 23.3 Å². The predicted octanol–water partition coefficient (Wildman–Crippen LogP) is 4.05. The lowest BCUT2D eigenvalue weighted by atomic mass is 10.2. The molecule has 23 heavy (non-hydrogen) atoms. The molecule has 5 nitrogen and oxygen atoms in total. The van der Waals surface area contributed by atoms with Gasteiger partial charge in [0.1, 0.15) is 5.76 Å². The lowest BCUT2D eigenvalue weighted by molar-refractivity contribution is 0.102. The number of carbonyl (C=O) groups is 1. The molecule has 6 heteroatoms. The Balaban J connectivity index is 1.74. The smallest absolute Gasteiger partial charge is 0.260 e. The van der Waals surface area contributed by atoms with Crippen LogP contribution in [0.4, 0.5) is 5.82 Å². The first-order chi connectivity index (χ1) is 11.0. The molecular weight excluding hydrogens is 314 g/mol. The summed E-state index contributed by atoms with van der Waals surface area (Å²) in [5.74, 6) is 0.870. The number of rotatable bonds is 4. The predicted molar refractivity (Wildman–Crippen MR) is 88.9 cm³/mol. The number of nitrogens with one attached hydrogen (secondary N) is 1. The van der Waals surface area contributed by atoms with E-state index in [0.29, 0.717) is 28.7 Å². The van der Waals surface area contributed by atoms with Gasteiger partial charge < -0.3 is 9.73 Å². The van der Waals surface area contributed by atoms with E-state index in [9.17, 15) is 4.79 Å². The number of anilines is 1. The van der Waals surface area contributed by atoms with Crippen LogP contribution in [0.2, 0.25) is 5.02 Å². The first-order valence-electron chi connectivity index (χ1n) is 7.17. The minimum Gasteiger partial charge on any atom is -0.469 e. The molecule has 1 amide bonds. The number of carbonyl (C=O) groups excluding carboxylic acids is 1. The number of amides is 1. The summed E-state index contributed by atoms with van der Waals surface area (Å²) >= 11 is 5.89. The van der Waals surface area contributed by atoms with Crippen molar-refractivity contribution < 1.29 is 9.21 Å². The van der Waals surface area contributed by atoms with Crippen LogP contribution in [0.1, 0.15) is 27.4 Å². The summed E-state index contributed by atoms with van der Waals surface area (Å²) in [7, 11) is 0. The standard InChI is InChI=1S/C17H16ClN3O2/c1-11-9-16(19-17(22)15-7-8-23-12(15)2)20-21(11)10-13-3-5-14(18)6-4-13/h3-9H,10H2,1-2H3,(H,19,20,22). The molecule has 0 atom stereocenters. The highest BCUT2D eigenvalue weighted by molar-refractivity contribution is 6.30. The van der Waals surface area contributed by atoms with Gasteiger partial charge in [-0.2, -0.15) is 5.10 Å². The summed E-state index contributed by atoms with van der Waals surface area (Å²) in [6.45, 7) is 4.31. The topological polar surface area (TPSA) is 60.1 Å². The van der Waals surface area contributed by atoms with Gasteiger partial charge >= 0.3 is 0 Å². The number of aromatic nitrogens is 2.